The minimum atomic E-state index is 0.331. The molecule has 0 aromatic heterocycles. The Balaban J connectivity index is 1.90. The second kappa shape index (κ2) is 6.01. The van der Waals surface area contributed by atoms with Crippen LogP contribution in [0.25, 0.3) is 0 Å². The highest BCUT2D eigenvalue weighted by atomic mass is 127. The van der Waals surface area contributed by atoms with Gasteiger partial charge in [-0.25, -0.2) is 0 Å². The van der Waals surface area contributed by atoms with Crippen molar-refractivity contribution < 1.29 is 0 Å². The largest absolute Gasteiger partial charge is 0.364 e. The predicted octanol–water partition coefficient (Wildman–Crippen LogP) is 4.45. The molecular formula is C16H22ClIN2. The molecule has 1 saturated heterocycles. The molecule has 1 saturated carbocycles. The van der Waals surface area contributed by atoms with Gasteiger partial charge in [-0.2, -0.15) is 0 Å². The average Bonchev–Trinajstić information content (AvgIpc) is 2.87. The summed E-state index contributed by atoms with van der Waals surface area (Å²) in [4.78, 5) is 2.56. The first-order chi connectivity index (χ1) is 9.63. The SMILES string of the molecule is CCC1CNC2(CCCC2)CN1c1ccc(I)cc1Cl. The Hall–Kier alpha value is -0.0000000000000000555. The summed E-state index contributed by atoms with van der Waals surface area (Å²) < 4.78 is 1.20. The topological polar surface area (TPSA) is 15.3 Å². The van der Waals surface area contributed by atoms with E-state index in [2.05, 4.69) is 57.9 Å². The van der Waals surface area contributed by atoms with Crippen molar-refractivity contribution in [1.82, 2.24) is 5.32 Å². The Morgan fingerprint density at radius 2 is 2.15 bits per heavy atom. The van der Waals surface area contributed by atoms with Crippen LogP contribution < -0.4 is 10.2 Å². The lowest BCUT2D eigenvalue weighted by molar-refractivity contribution is 0.267. The van der Waals surface area contributed by atoms with Gasteiger partial charge in [0.15, 0.2) is 0 Å². The van der Waals surface area contributed by atoms with Crippen molar-refractivity contribution in [3.05, 3.63) is 26.8 Å². The number of benzene rings is 1. The monoisotopic (exact) mass is 404 g/mol. The molecule has 1 unspecified atom stereocenters. The van der Waals surface area contributed by atoms with Crippen LogP contribution in [0.3, 0.4) is 0 Å². The maximum atomic E-state index is 6.51. The van der Waals surface area contributed by atoms with Gasteiger partial charge in [-0.15, -0.1) is 0 Å². The summed E-state index contributed by atoms with van der Waals surface area (Å²) in [5.41, 5.74) is 1.55. The highest BCUT2D eigenvalue weighted by molar-refractivity contribution is 14.1. The fourth-order valence-corrected chi connectivity index (χ4v) is 4.67. The van der Waals surface area contributed by atoms with Crippen LogP contribution in [0.5, 0.6) is 0 Å². The molecule has 1 aromatic rings. The number of hydrogen-bond donors (Lipinski definition) is 1. The summed E-state index contributed by atoms with van der Waals surface area (Å²) in [6.07, 6.45) is 6.49. The number of hydrogen-bond acceptors (Lipinski definition) is 2. The molecule has 1 heterocycles. The van der Waals surface area contributed by atoms with E-state index in [1.807, 2.05) is 0 Å². The Labute approximate surface area is 140 Å². The second-order valence-electron chi connectivity index (χ2n) is 6.15. The molecule has 1 aromatic carbocycles. The first-order valence-corrected chi connectivity index (χ1v) is 9.06. The number of anilines is 1. The summed E-state index contributed by atoms with van der Waals surface area (Å²) in [5, 5.41) is 4.73. The van der Waals surface area contributed by atoms with Crippen molar-refractivity contribution >= 4 is 39.9 Å². The molecule has 2 fully saturated rings. The first kappa shape index (κ1) is 14.9. The zero-order valence-corrected chi connectivity index (χ0v) is 14.9. The van der Waals surface area contributed by atoms with Crippen molar-refractivity contribution in [2.75, 3.05) is 18.0 Å². The molecular weight excluding hydrogens is 383 g/mol. The lowest BCUT2D eigenvalue weighted by Crippen LogP contribution is -2.63. The average molecular weight is 405 g/mol. The van der Waals surface area contributed by atoms with Gasteiger partial charge in [0.25, 0.3) is 0 Å². The lowest BCUT2D eigenvalue weighted by atomic mass is 9.91. The number of nitrogens with zero attached hydrogens (tertiary/aromatic N) is 1. The number of nitrogens with one attached hydrogen (secondary N) is 1. The number of rotatable bonds is 2. The smallest absolute Gasteiger partial charge is 0.0650 e. The van der Waals surface area contributed by atoms with Gasteiger partial charge in [0.1, 0.15) is 0 Å². The molecule has 3 rings (SSSR count). The minimum absolute atomic E-state index is 0.331. The van der Waals surface area contributed by atoms with Crippen LogP contribution in [-0.4, -0.2) is 24.7 Å². The third-order valence-corrected chi connectivity index (χ3v) is 5.85. The predicted molar refractivity (Wildman–Crippen MR) is 94.8 cm³/mol. The number of piperazine rings is 1. The van der Waals surface area contributed by atoms with E-state index in [1.165, 1.54) is 34.9 Å². The molecule has 2 nitrogen and oxygen atoms in total. The molecule has 4 heteroatoms. The van der Waals surface area contributed by atoms with Crippen molar-refractivity contribution in [3.8, 4) is 0 Å². The summed E-state index contributed by atoms with van der Waals surface area (Å²) >= 11 is 8.84. The van der Waals surface area contributed by atoms with E-state index >= 15 is 0 Å². The highest BCUT2D eigenvalue weighted by Gasteiger charge is 2.41. The molecule has 1 atom stereocenters. The van der Waals surface area contributed by atoms with E-state index in [0.29, 0.717) is 11.6 Å². The summed E-state index contributed by atoms with van der Waals surface area (Å²) in [5.74, 6) is 0. The fraction of sp³-hybridized carbons (Fsp3) is 0.625. The first-order valence-electron chi connectivity index (χ1n) is 7.60. The fourth-order valence-electron chi connectivity index (χ4n) is 3.70. The standard InChI is InChI=1S/C16H22ClIN2/c1-2-13-10-19-16(7-3-4-8-16)11-20(13)15-6-5-12(18)9-14(15)17/h5-6,9,13,19H,2-4,7-8,10-11H2,1H3. The highest BCUT2D eigenvalue weighted by Crippen LogP contribution is 2.38. The van der Waals surface area contributed by atoms with E-state index in [1.54, 1.807) is 0 Å². The summed E-state index contributed by atoms with van der Waals surface area (Å²) in [6.45, 7) is 4.46. The van der Waals surface area contributed by atoms with Crippen molar-refractivity contribution in [1.29, 1.82) is 0 Å². The summed E-state index contributed by atoms with van der Waals surface area (Å²) in [6, 6.07) is 6.99. The van der Waals surface area contributed by atoms with Crippen molar-refractivity contribution in [2.45, 2.75) is 50.6 Å². The maximum absolute atomic E-state index is 6.51. The van der Waals surface area contributed by atoms with Gasteiger partial charge < -0.3 is 10.2 Å². The zero-order chi connectivity index (χ0) is 14.2. The van der Waals surface area contributed by atoms with Crippen LogP contribution in [0, 0.1) is 3.57 Å². The molecule has 1 spiro atoms. The molecule has 0 amide bonds. The van der Waals surface area contributed by atoms with Crippen LogP contribution in [0.2, 0.25) is 5.02 Å². The number of halogens is 2. The van der Waals surface area contributed by atoms with Gasteiger partial charge in [-0.3, -0.25) is 0 Å². The molecule has 20 heavy (non-hydrogen) atoms. The van der Waals surface area contributed by atoms with Crippen LogP contribution in [0.4, 0.5) is 5.69 Å². The van der Waals surface area contributed by atoms with E-state index in [4.69, 9.17) is 11.6 Å². The molecule has 1 aliphatic heterocycles. The van der Waals surface area contributed by atoms with Gasteiger partial charge in [0, 0.05) is 28.2 Å². The van der Waals surface area contributed by atoms with E-state index in [-0.39, 0.29) is 0 Å². The third-order valence-electron chi connectivity index (χ3n) is 4.88. The molecule has 0 bridgehead atoms. The Bertz CT molecular complexity index is 485. The Morgan fingerprint density at radius 3 is 2.80 bits per heavy atom. The van der Waals surface area contributed by atoms with Crippen LogP contribution in [0.15, 0.2) is 18.2 Å². The zero-order valence-electron chi connectivity index (χ0n) is 12.0. The Kier molecular flexibility index (Phi) is 4.48. The van der Waals surface area contributed by atoms with Crippen molar-refractivity contribution in [2.24, 2.45) is 0 Å². The maximum Gasteiger partial charge on any atom is 0.0650 e. The normalized spacial score (nSPS) is 25.4. The third kappa shape index (κ3) is 2.81. The molecule has 1 aliphatic carbocycles. The van der Waals surface area contributed by atoms with Gasteiger partial charge in [0.05, 0.1) is 10.7 Å². The van der Waals surface area contributed by atoms with E-state index < -0.39 is 0 Å². The quantitative estimate of drug-likeness (QED) is 0.733. The van der Waals surface area contributed by atoms with Gasteiger partial charge >= 0.3 is 0 Å². The lowest BCUT2D eigenvalue weighted by Gasteiger charge is -2.47. The second-order valence-corrected chi connectivity index (χ2v) is 7.81. The molecule has 2 aliphatic rings. The van der Waals surface area contributed by atoms with E-state index in [0.717, 1.165) is 24.5 Å². The van der Waals surface area contributed by atoms with Crippen LogP contribution in [-0.2, 0) is 0 Å². The summed E-state index contributed by atoms with van der Waals surface area (Å²) in [7, 11) is 0. The van der Waals surface area contributed by atoms with Crippen LogP contribution in [0.1, 0.15) is 39.0 Å². The Morgan fingerprint density at radius 1 is 1.40 bits per heavy atom. The molecule has 1 N–H and O–H groups in total. The van der Waals surface area contributed by atoms with Gasteiger partial charge in [-0.1, -0.05) is 31.4 Å². The van der Waals surface area contributed by atoms with Crippen molar-refractivity contribution in [3.63, 3.8) is 0 Å². The van der Waals surface area contributed by atoms with Gasteiger partial charge in [-0.05, 0) is 60.1 Å². The van der Waals surface area contributed by atoms with E-state index in [9.17, 15) is 0 Å². The van der Waals surface area contributed by atoms with Crippen LogP contribution >= 0.6 is 34.2 Å². The minimum Gasteiger partial charge on any atom is -0.364 e. The van der Waals surface area contributed by atoms with Gasteiger partial charge in [0.2, 0.25) is 0 Å². The molecule has 0 radical (unpaired) electrons. The molecule has 110 valence electrons.